The Morgan fingerprint density at radius 1 is 1.03 bits per heavy atom. The summed E-state index contributed by atoms with van der Waals surface area (Å²) in [7, 11) is 1.90. The van der Waals surface area contributed by atoms with Crippen LogP contribution in [0.5, 0.6) is 0 Å². The monoisotopic (exact) mass is 482 g/mol. The molecule has 1 aliphatic heterocycles. The van der Waals surface area contributed by atoms with Crippen LogP contribution in [-0.4, -0.2) is 47.5 Å². The zero-order valence-electron chi connectivity index (χ0n) is 21.7. The van der Waals surface area contributed by atoms with Gasteiger partial charge in [-0.1, -0.05) is 80.4 Å². The molecule has 36 heavy (non-hydrogen) atoms. The number of carbonyl (C=O) groups is 1. The molecule has 2 aromatic carbocycles. The summed E-state index contributed by atoms with van der Waals surface area (Å²) >= 11 is 0. The van der Waals surface area contributed by atoms with Gasteiger partial charge in [-0.25, -0.2) is 9.97 Å². The molecule has 0 N–H and O–H groups in total. The zero-order chi connectivity index (χ0) is 25.0. The van der Waals surface area contributed by atoms with Crippen molar-refractivity contribution in [1.82, 2.24) is 14.9 Å². The van der Waals surface area contributed by atoms with Gasteiger partial charge in [0.25, 0.3) is 5.91 Å². The number of piperidine rings is 1. The molecule has 1 atom stereocenters. The third kappa shape index (κ3) is 5.02. The van der Waals surface area contributed by atoms with Crippen LogP contribution in [0, 0.1) is 5.92 Å². The Bertz CT molecular complexity index is 1160. The van der Waals surface area contributed by atoms with Crippen molar-refractivity contribution in [2.75, 3.05) is 31.6 Å². The van der Waals surface area contributed by atoms with Crippen LogP contribution in [0.2, 0.25) is 0 Å². The van der Waals surface area contributed by atoms with Gasteiger partial charge in [-0.3, -0.25) is 4.79 Å². The van der Waals surface area contributed by atoms with Gasteiger partial charge in [0.1, 0.15) is 0 Å². The maximum Gasteiger partial charge on any atom is 0.257 e. The summed E-state index contributed by atoms with van der Waals surface area (Å²) < 4.78 is 0. The third-order valence-corrected chi connectivity index (χ3v) is 8.11. The average molecular weight is 483 g/mol. The Labute approximate surface area is 215 Å². The van der Waals surface area contributed by atoms with Gasteiger partial charge in [-0.2, -0.15) is 0 Å². The Balaban J connectivity index is 1.52. The fourth-order valence-corrected chi connectivity index (χ4v) is 6.06. The van der Waals surface area contributed by atoms with Crippen molar-refractivity contribution in [3.63, 3.8) is 0 Å². The summed E-state index contributed by atoms with van der Waals surface area (Å²) in [5.74, 6) is 1.43. The molecule has 3 aromatic rings. The first-order valence-electron chi connectivity index (χ1n) is 13.5. The van der Waals surface area contributed by atoms with Gasteiger partial charge in [0.15, 0.2) is 0 Å². The van der Waals surface area contributed by atoms with Crippen LogP contribution in [0.1, 0.15) is 72.6 Å². The SMILES string of the molecule is CC1CCCN(c2ncc(C(=O)N(C)CCc3ccccc3)c(C3(c4ccccc4)CCCC3)n2)C1. The number of amides is 1. The van der Waals surface area contributed by atoms with Crippen LogP contribution in [0.25, 0.3) is 0 Å². The highest BCUT2D eigenvalue weighted by atomic mass is 16.2. The van der Waals surface area contributed by atoms with Crippen molar-refractivity contribution in [3.8, 4) is 0 Å². The lowest BCUT2D eigenvalue weighted by Gasteiger charge is -2.35. The first kappa shape index (κ1) is 24.5. The van der Waals surface area contributed by atoms with Crippen molar-refractivity contribution in [2.24, 2.45) is 5.92 Å². The van der Waals surface area contributed by atoms with Crippen LogP contribution in [-0.2, 0) is 11.8 Å². The van der Waals surface area contributed by atoms with E-state index in [1.54, 1.807) is 0 Å². The molecule has 5 rings (SSSR count). The highest BCUT2D eigenvalue weighted by Gasteiger charge is 2.42. The first-order chi connectivity index (χ1) is 17.6. The molecule has 2 aliphatic rings. The molecule has 1 amide bonds. The normalized spacial score (nSPS) is 19.3. The summed E-state index contributed by atoms with van der Waals surface area (Å²) in [4.78, 5) is 28.1. The zero-order valence-corrected chi connectivity index (χ0v) is 21.7. The molecule has 1 aromatic heterocycles. The van der Waals surface area contributed by atoms with Gasteiger partial charge in [0, 0.05) is 38.3 Å². The number of hydrogen-bond donors (Lipinski definition) is 0. The van der Waals surface area contributed by atoms with E-state index >= 15 is 0 Å². The second kappa shape index (κ2) is 10.8. The molecule has 1 saturated carbocycles. The van der Waals surface area contributed by atoms with E-state index in [0.717, 1.165) is 63.3 Å². The molecule has 5 heteroatoms. The number of carbonyl (C=O) groups excluding carboxylic acids is 1. The van der Waals surface area contributed by atoms with Crippen LogP contribution < -0.4 is 4.90 Å². The number of rotatable bonds is 7. The minimum atomic E-state index is -0.244. The highest BCUT2D eigenvalue weighted by Crippen LogP contribution is 2.47. The van der Waals surface area contributed by atoms with E-state index in [1.807, 2.05) is 36.3 Å². The fourth-order valence-electron chi connectivity index (χ4n) is 6.06. The second-order valence-electron chi connectivity index (χ2n) is 10.7. The smallest absolute Gasteiger partial charge is 0.257 e. The Kier molecular flexibility index (Phi) is 7.35. The van der Waals surface area contributed by atoms with E-state index < -0.39 is 0 Å². The maximum atomic E-state index is 13.9. The van der Waals surface area contributed by atoms with Crippen LogP contribution in [0.15, 0.2) is 66.9 Å². The van der Waals surface area contributed by atoms with Gasteiger partial charge >= 0.3 is 0 Å². The quantitative estimate of drug-likeness (QED) is 0.421. The molecular weight excluding hydrogens is 444 g/mol. The largest absolute Gasteiger partial charge is 0.341 e. The third-order valence-electron chi connectivity index (χ3n) is 8.11. The molecule has 1 unspecified atom stereocenters. The predicted octanol–water partition coefficient (Wildman–Crippen LogP) is 5.89. The summed E-state index contributed by atoms with van der Waals surface area (Å²) in [6.07, 6.45) is 9.37. The minimum absolute atomic E-state index is 0.0155. The Morgan fingerprint density at radius 3 is 2.42 bits per heavy atom. The lowest BCUT2D eigenvalue weighted by Crippen LogP contribution is -2.38. The lowest BCUT2D eigenvalue weighted by molar-refractivity contribution is 0.0793. The molecule has 188 valence electrons. The van der Waals surface area contributed by atoms with Gasteiger partial charge in [0.05, 0.1) is 11.3 Å². The Morgan fingerprint density at radius 2 is 1.72 bits per heavy atom. The molecule has 1 saturated heterocycles. The van der Waals surface area contributed by atoms with Gasteiger partial charge < -0.3 is 9.80 Å². The van der Waals surface area contributed by atoms with Crippen molar-refractivity contribution < 1.29 is 4.79 Å². The van der Waals surface area contributed by atoms with Gasteiger partial charge in [-0.05, 0) is 49.1 Å². The number of hydrogen-bond acceptors (Lipinski definition) is 4. The second-order valence-corrected chi connectivity index (χ2v) is 10.7. The van der Waals surface area contributed by atoms with Crippen molar-refractivity contribution >= 4 is 11.9 Å². The molecule has 0 spiro atoms. The molecule has 2 heterocycles. The molecule has 5 nitrogen and oxygen atoms in total. The predicted molar refractivity (Wildman–Crippen MR) is 145 cm³/mol. The summed E-state index contributed by atoms with van der Waals surface area (Å²) in [5, 5.41) is 0. The van der Waals surface area contributed by atoms with E-state index in [9.17, 15) is 4.79 Å². The first-order valence-corrected chi connectivity index (χ1v) is 13.5. The number of anilines is 1. The molecule has 2 fully saturated rings. The van der Waals surface area contributed by atoms with Gasteiger partial charge in [-0.15, -0.1) is 0 Å². The van der Waals surface area contributed by atoms with Crippen LogP contribution in [0.3, 0.4) is 0 Å². The van der Waals surface area contributed by atoms with E-state index in [2.05, 4.69) is 54.3 Å². The number of benzene rings is 2. The Hall–Kier alpha value is -3.21. The minimum Gasteiger partial charge on any atom is -0.341 e. The van der Waals surface area contributed by atoms with Crippen molar-refractivity contribution in [2.45, 2.75) is 57.3 Å². The summed E-state index contributed by atoms with van der Waals surface area (Å²) in [6, 6.07) is 21.1. The molecule has 0 bridgehead atoms. The van der Waals surface area contributed by atoms with Gasteiger partial charge in [0.2, 0.25) is 5.95 Å². The highest BCUT2D eigenvalue weighted by molar-refractivity contribution is 5.95. The van der Waals surface area contributed by atoms with E-state index in [1.165, 1.54) is 17.5 Å². The van der Waals surface area contributed by atoms with E-state index in [4.69, 9.17) is 9.97 Å². The van der Waals surface area contributed by atoms with Crippen LogP contribution in [0.4, 0.5) is 5.95 Å². The summed E-state index contributed by atoms with van der Waals surface area (Å²) in [6.45, 7) is 4.91. The molecule has 1 aliphatic carbocycles. The number of aromatic nitrogens is 2. The summed E-state index contributed by atoms with van der Waals surface area (Å²) in [5.41, 5.74) is 3.84. The van der Waals surface area contributed by atoms with Crippen LogP contribution >= 0.6 is 0 Å². The number of nitrogens with zero attached hydrogens (tertiary/aromatic N) is 4. The molecular formula is C31H38N4O. The van der Waals surface area contributed by atoms with Crippen molar-refractivity contribution in [3.05, 3.63) is 89.2 Å². The van der Waals surface area contributed by atoms with E-state index in [0.29, 0.717) is 18.0 Å². The lowest BCUT2D eigenvalue weighted by atomic mass is 9.74. The van der Waals surface area contributed by atoms with Crippen molar-refractivity contribution in [1.29, 1.82) is 0 Å². The fraction of sp³-hybridized carbons (Fsp3) is 0.452. The average Bonchev–Trinajstić information content (AvgIpc) is 3.43. The standard InChI is InChI=1S/C31H38N4O/c1-24-12-11-20-35(23-24)30-32-22-27(29(36)34(2)21-17-25-13-5-3-6-14-25)28(33-30)31(18-9-10-19-31)26-15-7-4-8-16-26/h3-8,13-16,22,24H,9-12,17-21,23H2,1-2H3. The molecule has 0 radical (unpaired) electrons. The van der Waals surface area contributed by atoms with E-state index in [-0.39, 0.29) is 11.3 Å². The number of likely N-dealkylation sites (N-methyl/N-ethyl adjacent to an activating group) is 1. The topological polar surface area (TPSA) is 49.3 Å². The maximum absolute atomic E-state index is 13.9.